The van der Waals surface area contributed by atoms with E-state index in [0.717, 1.165) is 17.9 Å². The third-order valence-electron chi connectivity index (χ3n) is 3.40. The van der Waals surface area contributed by atoms with Gasteiger partial charge in [-0.3, -0.25) is 4.98 Å². The number of hydrogen-bond acceptors (Lipinski definition) is 5. The van der Waals surface area contributed by atoms with Gasteiger partial charge < -0.3 is 14.8 Å². The molecule has 6 heteroatoms. The first-order chi connectivity index (χ1) is 8.65. The van der Waals surface area contributed by atoms with Crippen molar-refractivity contribution in [2.75, 3.05) is 11.4 Å². The molecule has 1 saturated heterocycles. The average Bonchev–Trinajstić information content (AvgIpc) is 2.36. The zero-order valence-electron chi connectivity index (χ0n) is 11.0. The molecule has 1 aliphatic heterocycles. The van der Waals surface area contributed by atoms with Gasteiger partial charge in [-0.05, 0) is 19.4 Å². The summed E-state index contributed by atoms with van der Waals surface area (Å²) >= 11 is 0. The third kappa shape index (κ3) is 2.44. The molecule has 19 heavy (non-hydrogen) atoms. The van der Waals surface area contributed by atoms with Crippen LogP contribution in [0.15, 0.2) is 24.5 Å². The third-order valence-corrected chi connectivity index (χ3v) is 3.40. The van der Waals surface area contributed by atoms with Crippen molar-refractivity contribution in [2.45, 2.75) is 19.4 Å². The van der Waals surface area contributed by atoms with Crippen molar-refractivity contribution in [3.05, 3.63) is 30.1 Å². The fraction of sp³-hybridized carbons (Fsp3) is 0.308. The Bertz CT molecular complexity index is 632. The predicted octanol–water partition coefficient (Wildman–Crippen LogP) is -2.40. The van der Waals surface area contributed by atoms with Crippen LogP contribution >= 0.6 is 0 Å². The minimum Gasteiger partial charge on any atom is -0.545 e. The molecule has 0 aromatic carbocycles. The van der Waals surface area contributed by atoms with Crippen LogP contribution in [-0.4, -0.2) is 28.5 Å². The fourth-order valence-electron chi connectivity index (χ4n) is 2.14. The number of carbonyl (C=O) groups is 1. The summed E-state index contributed by atoms with van der Waals surface area (Å²) in [5.41, 5.74) is 0.832. The first-order valence-electron chi connectivity index (χ1n) is 5.89. The van der Waals surface area contributed by atoms with Gasteiger partial charge in [0.15, 0.2) is 0 Å². The molecular weight excluding hydrogens is 237 g/mol. The van der Waals surface area contributed by atoms with Crippen LogP contribution in [0.3, 0.4) is 0 Å². The molecule has 5 nitrogen and oxygen atoms in total. The number of carboxylic acids is 1. The van der Waals surface area contributed by atoms with E-state index < -0.39 is 5.97 Å². The molecule has 0 unspecified atom stereocenters. The van der Waals surface area contributed by atoms with E-state index in [1.54, 1.807) is 6.20 Å². The molecule has 1 atom stereocenters. The first kappa shape index (κ1) is 13.8. The smallest absolute Gasteiger partial charge is 0.545 e. The van der Waals surface area contributed by atoms with Gasteiger partial charge in [0, 0.05) is 42.0 Å². The van der Waals surface area contributed by atoms with E-state index >= 15 is 0 Å². The number of carboxylic acid groups (broad SMARTS) is 1. The Hall–Kier alpha value is -1.57. The van der Waals surface area contributed by atoms with Gasteiger partial charge >= 0.3 is 18.9 Å². The Labute approximate surface area is 122 Å². The summed E-state index contributed by atoms with van der Waals surface area (Å²) in [4.78, 5) is 21.4. The minimum atomic E-state index is -1.22. The van der Waals surface area contributed by atoms with Crippen molar-refractivity contribution < 1.29 is 28.8 Å². The molecule has 0 radical (unpaired) electrons. The molecule has 0 saturated carbocycles. The Balaban J connectivity index is 0.00000133. The number of carbonyl (C=O) groups excluding carboxylic acids is 1. The summed E-state index contributed by atoms with van der Waals surface area (Å²) in [6.45, 7) is 3.17. The van der Waals surface area contributed by atoms with Crippen molar-refractivity contribution in [3.63, 3.8) is 0 Å². The van der Waals surface area contributed by atoms with Gasteiger partial charge in [-0.25, -0.2) is 4.98 Å². The summed E-state index contributed by atoms with van der Waals surface area (Å²) in [5, 5.41) is 11.5. The van der Waals surface area contributed by atoms with Crippen LogP contribution in [0.1, 0.15) is 23.7 Å². The first-order valence-corrected chi connectivity index (χ1v) is 5.89. The second kappa shape index (κ2) is 5.20. The predicted molar refractivity (Wildman–Crippen MR) is 65.3 cm³/mol. The maximum absolute atomic E-state index is 10.7. The molecule has 0 N–H and O–H groups in total. The number of nitrogens with zero attached hydrogens (tertiary/aromatic N) is 3. The molecule has 1 fully saturated rings. The fourth-order valence-corrected chi connectivity index (χ4v) is 2.14. The Morgan fingerprint density at radius 2 is 2.16 bits per heavy atom. The number of aromatic carboxylic acids is 1. The molecule has 3 rings (SSSR count). The molecule has 0 spiro atoms. The van der Waals surface area contributed by atoms with Crippen LogP contribution in [0.2, 0.25) is 0 Å². The summed E-state index contributed by atoms with van der Waals surface area (Å²) in [5.74, 6) is -0.320. The van der Waals surface area contributed by atoms with E-state index in [1.807, 2.05) is 6.07 Å². The van der Waals surface area contributed by atoms with Gasteiger partial charge in [0.1, 0.15) is 5.82 Å². The van der Waals surface area contributed by atoms with Gasteiger partial charge in [-0.15, -0.1) is 0 Å². The molecule has 3 heterocycles. The number of anilines is 1. The molecule has 0 amide bonds. The van der Waals surface area contributed by atoms with E-state index in [1.165, 1.54) is 18.7 Å². The summed E-state index contributed by atoms with van der Waals surface area (Å²) in [7, 11) is 0. The van der Waals surface area contributed by atoms with Crippen LogP contribution in [0, 0.1) is 0 Å². The standard InChI is InChI=1S/C13H13N3O2.Li/c1-8-2-3-16(8)12-5-11-9(6-15-12)4-10(7-14-11)13(17)18;/h4-8H,2-3H2,1H3,(H,17,18);/q;+1/p-1/t8-;/m0./s1. The Morgan fingerprint density at radius 1 is 1.37 bits per heavy atom. The molecule has 2 aromatic heterocycles. The van der Waals surface area contributed by atoms with Crippen LogP contribution in [-0.2, 0) is 0 Å². The SMILES string of the molecule is C[C@H]1CCN1c1cc2ncc(C(=O)[O-])cc2cn1.[Li+]. The summed E-state index contributed by atoms with van der Waals surface area (Å²) in [6, 6.07) is 3.94. The van der Waals surface area contributed by atoms with Crippen LogP contribution in [0.25, 0.3) is 10.9 Å². The van der Waals surface area contributed by atoms with Gasteiger partial charge in [0.05, 0.1) is 11.5 Å². The van der Waals surface area contributed by atoms with Crippen molar-refractivity contribution in [1.82, 2.24) is 9.97 Å². The molecule has 92 valence electrons. The second-order valence-electron chi connectivity index (χ2n) is 4.58. The maximum Gasteiger partial charge on any atom is 1.00 e. The van der Waals surface area contributed by atoms with Gasteiger partial charge in [-0.2, -0.15) is 0 Å². The maximum atomic E-state index is 10.7. The van der Waals surface area contributed by atoms with Crippen molar-refractivity contribution in [1.29, 1.82) is 0 Å². The molecule has 0 bridgehead atoms. The van der Waals surface area contributed by atoms with Crippen LogP contribution in [0.5, 0.6) is 0 Å². The van der Waals surface area contributed by atoms with Gasteiger partial charge in [0.25, 0.3) is 0 Å². The van der Waals surface area contributed by atoms with Crippen LogP contribution < -0.4 is 28.9 Å². The normalized spacial score (nSPS) is 17.7. The second-order valence-corrected chi connectivity index (χ2v) is 4.58. The number of pyridine rings is 2. The van der Waals surface area contributed by atoms with Crippen LogP contribution in [0.4, 0.5) is 5.82 Å². The summed E-state index contributed by atoms with van der Waals surface area (Å²) in [6.07, 6.45) is 4.16. The number of hydrogen-bond donors (Lipinski definition) is 0. The Kier molecular flexibility index (Phi) is 3.79. The topological polar surface area (TPSA) is 69.2 Å². The zero-order chi connectivity index (χ0) is 12.7. The minimum absolute atomic E-state index is 0. The van der Waals surface area contributed by atoms with E-state index in [2.05, 4.69) is 21.8 Å². The quantitative estimate of drug-likeness (QED) is 0.555. The van der Waals surface area contributed by atoms with Crippen molar-refractivity contribution >= 4 is 22.7 Å². The zero-order valence-corrected chi connectivity index (χ0v) is 11.0. The number of fused-ring (bicyclic) bond motifs is 1. The number of rotatable bonds is 2. The van der Waals surface area contributed by atoms with Crippen molar-refractivity contribution in [2.24, 2.45) is 0 Å². The van der Waals surface area contributed by atoms with E-state index in [0.29, 0.717) is 11.4 Å². The molecule has 1 aliphatic rings. The summed E-state index contributed by atoms with van der Waals surface area (Å²) < 4.78 is 0. The largest absolute Gasteiger partial charge is 1.00 e. The number of aromatic nitrogens is 2. The molecule has 0 aliphatic carbocycles. The average molecular weight is 249 g/mol. The molecule has 2 aromatic rings. The van der Waals surface area contributed by atoms with E-state index in [-0.39, 0.29) is 24.4 Å². The molecular formula is C13H12LiN3O2. The van der Waals surface area contributed by atoms with E-state index in [9.17, 15) is 9.90 Å². The van der Waals surface area contributed by atoms with Gasteiger partial charge in [-0.1, -0.05) is 0 Å². The van der Waals surface area contributed by atoms with E-state index in [4.69, 9.17) is 0 Å². The Morgan fingerprint density at radius 3 is 2.74 bits per heavy atom. The van der Waals surface area contributed by atoms with Crippen molar-refractivity contribution in [3.8, 4) is 0 Å². The van der Waals surface area contributed by atoms with Gasteiger partial charge in [0.2, 0.25) is 0 Å². The monoisotopic (exact) mass is 249 g/mol.